The minimum Gasteiger partial charge on any atom is -0.462 e. The molecule has 1 aromatic heterocycles. The van der Waals surface area contributed by atoms with Crippen LogP contribution in [-0.4, -0.2) is 28.9 Å². The van der Waals surface area contributed by atoms with Gasteiger partial charge in [-0.25, -0.2) is 9.48 Å². The van der Waals surface area contributed by atoms with Crippen LogP contribution in [0, 0.1) is 6.92 Å². The molecule has 1 aliphatic heterocycles. The monoisotopic (exact) mass is 285 g/mol. The largest absolute Gasteiger partial charge is 0.462 e. The summed E-state index contributed by atoms with van der Waals surface area (Å²) in [4.78, 5) is 12.0. The summed E-state index contributed by atoms with van der Waals surface area (Å²) in [6.45, 7) is 5.06. The van der Waals surface area contributed by atoms with Crippen molar-refractivity contribution < 1.29 is 9.53 Å². The first-order valence-corrected chi connectivity index (χ1v) is 7.25. The van der Waals surface area contributed by atoms with Crippen molar-refractivity contribution in [2.75, 3.05) is 18.5 Å². The summed E-state index contributed by atoms with van der Waals surface area (Å²) < 4.78 is 6.97. The number of ether oxygens (including phenoxy) is 1. The Morgan fingerprint density at radius 1 is 1.43 bits per heavy atom. The van der Waals surface area contributed by atoms with Crippen molar-refractivity contribution in [3.8, 4) is 0 Å². The maximum absolute atomic E-state index is 12.0. The van der Waals surface area contributed by atoms with E-state index in [-0.39, 0.29) is 12.0 Å². The zero-order valence-electron chi connectivity index (χ0n) is 12.3. The highest BCUT2D eigenvalue weighted by molar-refractivity contribution is 5.94. The van der Waals surface area contributed by atoms with Crippen molar-refractivity contribution in [1.82, 2.24) is 9.78 Å². The molecule has 1 atom stereocenters. The molecular formula is C16H19N3O2. The number of carbonyl (C=O) groups excluding carboxylic acids is 1. The molecule has 0 saturated heterocycles. The van der Waals surface area contributed by atoms with Gasteiger partial charge < -0.3 is 10.1 Å². The number of hydrogen-bond acceptors (Lipinski definition) is 4. The number of fused-ring (bicyclic) bond motifs is 1. The Balaban J connectivity index is 1.96. The smallest absolute Gasteiger partial charge is 0.343 e. The van der Waals surface area contributed by atoms with Crippen molar-refractivity contribution in [1.29, 1.82) is 0 Å². The highest BCUT2D eigenvalue weighted by atomic mass is 16.5. The zero-order chi connectivity index (χ0) is 14.8. The van der Waals surface area contributed by atoms with E-state index in [0.29, 0.717) is 12.2 Å². The Kier molecular flexibility index (Phi) is 3.64. The fraction of sp³-hybridized carbons (Fsp3) is 0.375. The molecule has 0 amide bonds. The van der Waals surface area contributed by atoms with Gasteiger partial charge in [-0.1, -0.05) is 29.8 Å². The molecule has 0 radical (unpaired) electrons. The molecule has 2 aromatic rings. The Labute approximate surface area is 123 Å². The predicted octanol–water partition coefficient (Wildman–Crippen LogP) is 2.77. The van der Waals surface area contributed by atoms with Crippen LogP contribution in [0.4, 0.5) is 5.82 Å². The molecule has 0 aliphatic carbocycles. The Hall–Kier alpha value is -2.30. The summed E-state index contributed by atoms with van der Waals surface area (Å²) in [6, 6.07) is 8.62. The van der Waals surface area contributed by atoms with Gasteiger partial charge in [0, 0.05) is 6.54 Å². The zero-order valence-corrected chi connectivity index (χ0v) is 12.3. The average Bonchev–Trinajstić information content (AvgIpc) is 2.92. The van der Waals surface area contributed by atoms with E-state index in [0.717, 1.165) is 18.8 Å². The molecule has 1 aromatic carbocycles. The van der Waals surface area contributed by atoms with Crippen molar-refractivity contribution in [3.63, 3.8) is 0 Å². The van der Waals surface area contributed by atoms with E-state index in [4.69, 9.17) is 4.74 Å². The fourth-order valence-electron chi connectivity index (χ4n) is 2.68. The quantitative estimate of drug-likeness (QED) is 0.881. The third kappa shape index (κ3) is 2.51. The lowest BCUT2D eigenvalue weighted by Crippen LogP contribution is -2.25. The van der Waals surface area contributed by atoms with Gasteiger partial charge in [-0.3, -0.25) is 0 Å². The Morgan fingerprint density at radius 3 is 2.90 bits per heavy atom. The molecule has 5 nitrogen and oxygen atoms in total. The van der Waals surface area contributed by atoms with Crippen LogP contribution in [0.1, 0.15) is 40.9 Å². The third-order valence-corrected chi connectivity index (χ3v) is 3.76. The number of rotatable bonds is 3. The Morgan fingerprint density at radius 2 is 2.19 bits per heavy atom. The molecule has 2 heterocycles. The van der Waals surface area contributed by atoms with E-state index in [9.17, 15) is 4.79 Å². The van der Waals surface area contributed by atoms with Gasteiger partial charge in [0.25, 0.3) is 0 Å². The average molecular weight is 285 g/mol. The van der Waals surface area contributed by atoms with Crippen LogP contribution in [0.3, 0.4) is 0 Å². The van der Waals surface area contributed by atoms with Gasteiger partial charge in [-0.15, -0.1) is 0 Å². The number of nitrogens with one attached hydrogen (secondary N) is 1. The number of esters is 1. The molecule has 0 fully saturated rings. The van der Waals surface area contributed by atoms with Gasteiger partial charge in [-0.05, 0) is 25.8 Å². The van der Waals surface area contributed by atoms with Gasteiger partial charge in [-0.2, -0.15) is 5.10 Å². The van der Waals surface area contributed by atoms with Crippen LogP contribution in [0.15, 0.2) is 30.5 Å². The SMILES string of the molecule is CCOC(=O)c1cnn2c1NCCC2c1ccc(C)cc1. The van der Waals surface area contributed by atoms with Crippen LogP contribution in [0.5, 0.6) is 0 Å². The molecule has 3 rings (SSSR count). The molecule has 0 bridgehead atoms. The lowest BCUT2D eigenvalue weighted by Gasteiger charge is -2.26. The maximum atomic E-state index is 12.0. The highest BCUT2D eigenvalue weighted by Crippen LogP contribution is 2.31. The second-order valence-electron chi connectivity index (χ2n) is 5.21. The predicted molar refractivity (Wildman–Crippen MR) is 80.6 cm³/mol. The Bertz CT molecular complexity index is 646. The fourth-order valence-corrected chi connectivity index (χ4v) is 2.68. The highest BCUT2D eigenvalue weighted by Gasteiger charge is 2.27. The summed E-state index contributed by atoms with van der Waals surface area (Å²) in [5.74, 6) is 0.432. The molecule has 5 heteroatoms. The lowest BCUT2D eigenvalue weighted by molar-refractivity contribution is 0.0527. The first-order chi connectivity index (χ1) is 10.2. The first kappa shape index (κ1) is 13.7. The van der Waals surface area contributed by atoms with E-state index < -0.39 is 0 Å². The second-order valence-corrected chi connectivity index (χ2v) is 5.21. The molecule has 0 spiro atoms. The topological polar surface area (TPSA) is 56.1 Å². The van der Waals surface area contributed by atoms with Gasteiger partial charge in [0.05, 0.1) is 18.8 Å². The van der Waals surface area contributed by atoms with Crippen LogP contribution in [0.2, 0.25) is 0 Å². The number of benzene rings is 1. The third-order valence-electron chi connectivity index (χ3n) is 3.76. The van der Waals surface area contributed by atoms with Crippen molar-refractivity contribution in [2.45, 2.75) is 26.3 Å². The molecular weight excluding hydrogens is 266 g/mol. The number of aryl methyl sites for hydroxylation is 1. The van der Waals surface area contributed by atoms with Crippen LogP contribution >= 0.6 is 0 Å². The van der Waals surface area contributed by atoms with Gasteiger partial charge in [0.15, 0.2) is 0 Å². The summed E-state index contributed by atoms with van der Waals surface area (Å²) in [7, 11) is 0. The van der Waals surface area contributed by atoms with Gasteiger partial charge in [0.1, 0.15) is 11.4 Å². The van der Waals surface area contributed by atoms with Crippen LogP contribution < -0.4 is 5.32 Å². The summed E-state index contributed by atoms with van der Waals surface area (Å²) >= 11 is 0. The summed E-state index contributed by atoms with van der Waals surface area (Å²) in [5, 5.41) is 7.65. The van der Waals surface area contributed by atoms with Gasteiger partial charge >= 0.3 is 5.97 Å². The molecule has 1 N–H and O–H groups in total. The van der Waals surface area contributed by atoms with Crippen molar-refractivity contribution in [2.24, 2.45) is 0 Å². The minimum atomic E-state index is -0.323. The van der Waals surface area contributed by atoms with Crippen molar-refractivity contribution >= 4 is 11.8 Å². The number of hydrogen-bond donors (Lipinski definition) is 1. The number of nitrogens with zero attached hydrogens (tertiary/aromatic N) is 2. The minimum absolute atomic E-state index is 0.157. The second kappa shape index (κ2) is 5.60. The maximum Gasteiger partial charge on any atom is 0.343 e. The summed E-state index contributed by atoms with van der Waals surface area (Å²) in [6.07, 6.45) is 2.53. The van der Waals surface area contributed by atoms with Crippen molar-refractivity contribution in [3.05, 3.63) is 47.2 Å². The normalized spacial score (nSPS) is 17.0. The molecule has 21 heavy (non-hydrogen) atoms. The molecule has 110 valence electrons. The van der Waals surface area contributed by atoms with E-state index >= 15 is 0 Å². The van der Waals surface area contributed by atoms with Gasteiger partial charge in [0.2, 0.25) is 0 Å². The number of aromatic nitrogens is 2. The number of anilines is 1. The van der Waals surface area contributed by atoms with E-state index in [1.807, 2.05) is 4.68 Å². The number of carbonyl (C=O) groups is 1. The van der Waals surface area contributed by atoms with Crippen LogP contribution in [-0.2, 0) is 4.74 Å². The van der Waals surface area contributed by atoms with E-state index in [2.05, 4.69) is 41.6 Å². The molecule has 1 unspecified atom stereocenters. The van der Waals surface area contributed by atoms with Crippen LogP contribution in [0.25, 0.3) is 0 Å². The molecule has 0 saturated carbocycles. The standard InChI is InChI=1S/C16H19N3O2/c1-3-21-16(20)13-10-18-19-14(8-9-17-15(13)19)12-6-4-11(2)5-7-12/h4-7,10,14,17H,3,8-9H2,1-2H3. The van der Waals surface area contributed by atoms with E-state index in [1.54, 1.807) is 13.1 Å². The molecule has 1 aliphatic rings. The lowest BCUT2D eigenvalue weighted by atomic mass is 10.0. The first-order valence-electron chi connectivity index (χ1n) is 7.25. The van der Waals surface area contributed by atoms with E-state index in [1.165, 1.54) is 11.1 Å². The summed E-state index contributed by atoms with van der Waals surface area (Å²) in [5.41, 5.74) is 2.95.